The second-order valence-corrected chi connectivity index (χ2v) is 14.4. The normalized spacial score (nSPS) is 11.7. The van der Waals surface area contributed by atoms with Gasteiger partial charge in [0.05, 0.1) is 25.8 Å². The van der Waals surface area contributed by atoms with Crippen LogP contribution >= 0.6 is 31.9 Å². The Morgan fingerprint density at radius 3 is 1.83 bits per heavy atom. The topological polar surface area (TPSA) is 17.8 Å². The van der Waals surface area contributed by atoms with Crippen LogP contribution in [0.2, 0.25) is 19.6 Å². The maximum Gasteiger partial charge on any atom is 0.0963 e. The lowest BCUT2D eigenvalue weighted by atomic mass is 10.0. The lowest BCUT2D eigenvalue weighted by molar-refractivity contribution is 0.859. The van der Waals surface area contributed by atoms with Gasteiger partial charge in [0, 0.05) is 26.2 Å². The van der Waals surface area contributed by atoms with Crippen LogP contribution < -0.4 is 0 Å². The van der Waals surface area contributed by atoms with Crippen LogP contribution in [-0.2, 0) is 6.17 Å². The van der Waals surface area contributed by atoms with E-state index in [2.05, 4.69) is 105 Å². The van der Waals surface area contributed by atoms with Crippen LogP contribution in [0.25, 0.3) is 22.5 Å². The number of hydrogen-bond donors (Lipinski definition) is 0. The number of nitrogens with zero attached hydrogens (tertiary/aromatic N) is 2. The molecular formula is C19H20Br2N2Si. The van der Waals surface area contributed by atoms with E-state index in [4.69, 9.17) is 4.98 Å². The average molecular weight is 464 g/mol. The van der Waals surface area contributed by atoms with Crippen LogP contribution in [0.15, 0.2) is 63.8 Å². The van der Waals surface area contributed by atoms with Gasteiger partial charge in [-0.25, -0.2) is 4.98 Å². The van der Waals surface area contributed by atoms with Gasteiger partial charge >= 0.3 is 0 Å². The third-order valence-electron chi connectivity index (χ3n) is 3.72. The molecule has 0 bridgehead atoms. The smallest absolute Gasteiger partial charge is 0.0963 e. The zero-order valence-electron chi connectivity index (χ0n) is 14.1. The first kappa shape index (κ1) is 17.6. The Balaban J connectivity index is 2.15. The van der Waals surface area contributed by atoms with Gasteiger partial charge in [0.25, 0.3) is 0 Å². The van der Waals surface area contributed by atoms with Crippen LogP contribution in [0.5, 0.6) is 0 Å². The van der Waals surface area contributed by atoms with Crippen molar-refractivity contribution in [1.82, 2.24) is 9.55 Å². The van der Waals surface area contributed by atoms with Crippen molar-refractivity contribution in [3.8, 4) is 22.5 Å². The molecule has 2 aromatic carbocycles. The Morgan fingerprint density at radius 2 is 1.33 bits per heavy atom. The first-order chi connectivity index (χ1) is 11.3. The zero-order valence-corrected chi connectivity index (χ0v) is 18.2. The third-order valence-corrected chi connectivity index (χ3v) is 6.06. The van der Waals surface area contributed by atoms with Crippen LogP contribution in [-0.4, -0.2) is 17.6 Å². The van der Waals surface area contributed by atoms with E-state index in [1.807, 2.05) is 6.33 Å². The Kier molecular flexibility index (Phi) is 5.13. The molecule has 3 aromatic rings. The van der Waals surface area contributed by atoms with Crippen molar-refractivity contribution < 1.29 is 0 Å². The summed E-state index contributed by atoms with van der Waals surface area (Å²) in [5, 5.41) is 0. The molecular weight excluding hydrogens is 444 g/mol. The van der Waals surface area contributed by atoms with Gasteiger partial charge < -0.3 is 4.57 Å². The van der Waals surface area contributed by atoms with Crippen molar-refractivity contribution in [2.24, 2.45) is 0 Å². The molecule has 2 nitrogen and oxygen atoms in total. The van der Waals surface area contributed by atoms with E-state index < -0.39 is 8.07 Å². The highest BCUT2D eigenvalue weighted by Gasteiger charge is 2.20. The van der Waals surface area contributed by atoms with Crippen LogP contribution in [0, 0.1) is 0 Å². The summed E-state index contributed by atoms with van der Waals surface area (Å²) in [7, 11) is -1.26. The molecule has 0 N–H and O–H groups in total. The van der Waals surface area contributed by atoms with E-state index in [-0.39, 0.29) is 0 Å². The minimum Gasteiger partial charge on any atom is -0.333 e. The molecule has 0 fully saturated rings. The quantitative estimate of drug-likeness (QED) is 0.397. The highest BCUT2D eigenvalue weighted by Crippen LogP contribution is 2.33. The highest BCUT2D eigenvalue weighted by atomic mass is 79.9. The molecule has 0 spiro atoms. The van der Waals surface area contributed by atoms with Gasteiger partial charge in [-0.3, -0.25) is 0 Å². The van der Waals surface area contributed by atoms with Gasteiger partial charge in [-0.1, -0.05) is 75.8 Å². The maximum atomic E-state index is 4.76. The maximum absolute atomic E-state index is 4.76. The SMILES string of the molecule is C[Si](C)(C)Cn1cnc(-c2ccc(Br)cc2)c1-c1ccc(Br)cc1. The molecule has 0 radical (unpaired) electrons. The number of hydrogen-bond acceptors (Lipinski definition) is 1. The van der Waals surface area contributed by atoms with E-state index in [1.165, 1.54) is 11.3 Å². The van der Waals surface area contributed by atoms with Gasteiger partial charge in [0.2, 0.25) is 0 Å². The van der Waals surface area contributed by atoms with Crippen molar-refractivity contribution in [3.63, 3.8) is 0 Å². The molecule has 0 saturated carbocycles. The monoisotopic (exact) mass is 462 g/mol. The number of aromatic nitrogens is 2. The van der Waals surface area contributed by atoms with Crippen molar-refractivity contribution in [2.45, 2.75) is 25.8 Å². The number of rotatable bonds is 4. The standard InChI is InChI=1S/C19H20Br2N2Si/c1-24(2,3)13-23-12-22-18(14-4-8-16(20)9-5-14)19(23)15-6-10-17(21)11-7-15/h4-12H,13H2,1-3H3. The van der Waals surface area contributed by atoms with Crippen molar-refractivity contribution in [3.05, 3.63) is 63.8 Å². The predicted octanol–water partition coefficient (Wildman–Crippen LogP) is 6.62. The highest BCUT2D eigenvalue weighted by molar-refractivity contribution is 9.10. The Labute approximate surface area is 161 Å². The largest absolute Gasteiger partial charge is 0.333 e. The summed E-state index contributed by atoms with van der Waals surface area (Å²) in [5.74, 6) is 0. The van der Waals surface area contributed by atoms with Crippen LogP contribution in [0.1, 0.15) is 0 Å². The van der Waals surface area contributed by atoms with Crippen molar-refractivity contribution in [2.75, 3.05) is 0 Å². The Hall–Kier alpha value is -1.17. The molecule has 5 heteroatoms. The molecule has 0 atom stereocenters. The summed E-state index contributed by atoms with van der Waals surface area (Å²) in [6, 6.07) is 16.9. The summed E-state index contributed by atoms with van der Waals surface area (Å²) in [6.45, 7) is 7.16. The molecule has 24 heavy (non-hydrogen) atoms. The van der Waals surface area contributed by atoms with Crippen LogP contribution in [0.4, 0.5) is 0 Å². The van der Waals surface area contributed by atoms with Gasteiger partial charge in [-0.15, -0.1) is 0 Å². The predicted molar refractivity (Wildman–Crippen MR) is 112 cm³/mol. The molecule has 0 unspecified atom stereocenters. The first-order valence-electron chi connectivity index (χ1n) is 7.90. The summed E-state index contributed by atoms with van der Waals surface area (Å²) in [5.41, 5.74) is 4.59. The van der Waals surface area contributed by atoms with Gasteiger partial charge in [0.15, 0.2) is 0 Å². The van der Waals surface area contributed by atoms with E-state index in [0.717, 1.165) is 26.4 Å². The van der Waals surface area contributed by atoms with Crippen LogP contribution in [0.3, 0.4) is 0 Å². The molecule has 0 saturated heterocycles. The Morgan fingerprint density at radius 1 is 0.833 bits per heavy atom. The summed E-state index contributed by atoms with van der Waals surface area (Å²) in [4.78, 5) is 4.76. The van der Waals surface area contributed by atoms with E-state index in [9.17, 15) is 0 Å². The second kappa shape index (κ2) is 6.98. The third kappa shape index (κ3) is 4.07. The number of halogens is 2. The number of imidazole rings is 1. The van der Waals surface area contributed by atoms with Gasteiger partial charge in [-0.2, -0.15) is 0 Å². The second-order valence-electron chi connectivity index (χ2n) is 7.14. The molecule has 1 aromatic heterocycles. The lowest BCUT2D eigenvalue weighted by Crippen LogP contribution is -2.28. The molecule has 0 amide bonds. The first-order valence-corrected chi connectivity index (χ1v) is 13.2. The van der Waals surface area contributed by atoms with E-state index >= 15 is 0 Å². The fourth-order valence-electron chi connectivity index (χ4n) is 2.74. The van der Waals surface area contributed by atoms with Crippen molar-refractivity contribution in [1.29, 1.82) is 0 Å². The zero-order chi connectivity index (χ0) is 17.3. The molecule has 124 valence electrons. The van der Waals surface area contributed by atoms with E-state index in [1.54, 1.807) is 0 Å². The van der Waals surface area contributed by atoms with Crippen molar-refractivity contribution >= 4 is 39.9 Å². The van der Waals surface area contributed by atoms with E-state index in [0.29, 0.717) is 0 Å². The van der Waals surface area contributed by atoms with Gasteiger partial charge in [-0.05, 0) is 24.3 Å². The fraction of sp³-hybridized carbons (Fsp3) is 0.211. The summed E-state index contributed by atoms with van der Waals surface area (Å²) >= 11 is 7.04. The molecule has 1 heterocycles. The lowest BCUT2D eigenvalue weighted by Gasteiger charge is -2.19. The minimum atomic E-state index is -1.26. The fourth-order valence-corrected chi connectivity index (χ4v) is 4.53. The molecule has 3 rings (SSSR count). The summed E-state index contributed by atoms with van der Waals surface area (Å²) in [6.07, 6.45) is 3.05. The molecule has 0 aliphatic carbocycles. The summed E-state index contributed by atoms with van der Waals surface area (Å²) < 4.78 is 4.50. The minimum absolute atomic E-state index is 1.04. The Bertz CT molecular complexity index is 831. The molecule has 0 aliphatic heterocycles. The number of benzene rings is 2. The molecule has 0 aliphatic rings. The average Bonchev–Trinajstić information content (AvgIpc) is 2.90. The van der Waals surface area contributed by atoms with Gasteiger partial charge in [0.1, 0.15) is 0 Å².